The SMILES string of the molecule is CC1CCN(c2nnc(C(=O)NCCOc3ccccc3)c3ccccc23)CC1. The van der Waals surface area contributed by atoms with Crippen LogP contribution in [0.4, 0.5) is 5.82 Å². The van der Waals surface area contributed by atoms with Crippen LogP contribution in [-0.2, 0) is 0 Å². The van der Waals surface area contributed by atoms with Crippen LogP contribution in [0, 0.1) is 5.92 Å². The lowest BCUT2D eigenvalue weighted by Gasteiger charge is -2.31. The molecule has 6 heteroatoms. The fraction of sp³-hybridized carbons (Fsp3) is 0.348. The molecule has 0 aliphatic carbocycles. The molecule has 1 N–H and O–H groups in total. The summed E-state index contributed by atoms with van der Waals surface area (Å²) in [5.41, 5.74) is 0.356. The minimum Gasteiger partial charge on any atom is -0.492 e. The van der Waals surface area contributed by atoms with E-state index in [0.29, 0.717) is 18.8 Å². The number of anilines is 1. The summed E-state index contributed by atoms with van der Waals surface area (Å²) in [6.07, 6.45) is 2.30. The number of carbonyl (C=O) groups is 1. The zero-order chi connectivity index (χ0) is 20.1. The van der Waals surface area contributed by atoms with Crippen molar-refractivity contribution in [3.63, 3.8) is 0 Å². The van der Waals surface area contributed by atoms with Crippen molar-refractivity contribution in [2.24, 2.45) is 5.92 Å². The van der Waals surface area contributed by atoms with E-state index >= 15 is 0 Å². The third kappa shape index (κ3) is 4.47. The van der Waals surface area contributed by atoms with Gasteiger partial charge in [0.1, 0.15) is 12.4 Å². The van der Waals surface area contributed by atoms with Gasteiger partial charge in [-0.2, -0.15) is 0 Å². The molecule has 0 atom stereocenters. The van der Waals surface area contributed by atoms with Crippen molar-refractivity contribution in [3.05, 3.63) is 60.3 Å². The van der Waals surface area contributed by atoms with E-state index in [1.807, 2.05) is 54.6 Å². The van der Waals surface area contributed by atoms with Gasteiger partial charge in [-0.3, -0.25) is 4.79 Å². The molecule has 0 bridgehead atoms. The van der Waals surface area contributed by atoms with E-state index in [9.17, 15) is 4.79 Å². The molecular weight excluding hydrogens is 364 g/mol. The van der Waals surface area contributed by atoms with Crippen molar-refractivity contribution in [2.75, 3.05) is 31.1 Å². The number of hydrogen-bond acceptors (Lipinski definition) is 5. The van der Waals surface area contributed by atoms with Gasteiger partial charge in [-0.15, -0.1) is 10.2 Å². The first-order valence-electron chi connectivity index (χ1n) is 10.2. The Morgan fingerprint density at radius 1 is 1.03 bits per heavy atom. The lowest BCUT2D eigenvalue weighted by atomic mass is 9.99. The summed E-state index contributed by atoms with van der Waals surface area (Å²) in [7, 11) is 0. The Labute approximate surface area is 170 Å². The summed E-state index contributed by atoms with van der Waals surface area (Å²) in [4.78, 5) is 15.0. The first-order valence-corrected chi connectivity index (χ1v) is 10.2. The molecule has 29 heavy (non-hydrogen) atoms. The first-order chi connectivity index (χ1) is 14.2. The van der Waals surface area contributed by atoms with Crippen LogP contribution in [-0.4, -0.2) is 42.3 Å². The average molecular weight is 390 g/mol. The molecule has 3 aromatic rings. The highest BCUT2D eigenvalue weighted by Crippen LogP contribution is 2.29. The number of aromatic nitrogens is 2. The van der Waals surface area contributed by atoms with Gasteiger partial charge in [0.2, 0.25) is 0 Å². The lowest BCUT2D eigenvalue weighted by Crippen LogP contribution is -2.34. The van der Waals surface area contributed by atoms with E-state index in [4.69, 9.17) is 4.74 Å². The second-order valence-electron chi connectivity index (χ2n) is 7.50. The molecule has 2 heterocycles. The quantitative estimate of drug-likeness (QED) is 0.651. The molecule has 1 amide bonds. The van der Waals surface area contributed by atoms with Crippen LogP contribution in [0.1, 0.15) is 30.3 Å². The maximum atomic E-state index is 12.7. The number of fused-ring (bicyclic) bond motifs is 1. The summed E-state index contributed by atoms with van der Waals surface area (Å²) < 4.78 is 5.63. The van der Waals surface area contributed by atoms with Gasteiger partial charge in [0.05, 0.1) is 6.54 Å². The van der Waals surface area contributed by atoms with Gasteiger partial charge in [0.25, 0.3) is 5.91 Å². The maximum absolute atomic E-state index is 12.7. The molecule has 0 unspecified atom stereocenters. The van der Waals surface area contributed by atoms with Crippen molar-refractivity contribution in [2.45, 2.75) is 19.8 Å². The summed E-state index contributed by atoms with van der Waals surface area (Å²) in [5, 5.41) is 13.4. The highest BCUT2D eigenvalue weighted by Gasteiger charge is 2.22. The molecule has 1 fully saturated rings. The van der Waals surface area contributed by atoms with Gasteiger partial charge < -0.3 is 15.0 Å². The molecule has 150 valence electrons. The van der Waals surface area contributed by atoms with Gasteiger partial charge in [0, 0.05) is 23.9 Å². The van der Waals surface area contributed by atoms with E-state index in [1.54, 1.807) is 0 Å². The van der Waals surface area contributed by atoms with Crippen molar-refractivity contribution < 1.29 is 9.53 Å². The number of benzene rings is 2. The zero-order valence-electron chi connectivity index (χ0n) is 16.7. The van der Waals surface area contributed by atoms with Crippen molar-refractivity contribution in [1.82, 2.24) is 15.5 Å². The van der Waals surface area contributed by atoms with Crippen LogP contribution < -0.4 is 15.0 Å². The highest BCUT2D eigenvalue weighted by molar-refractivity contribution is 6.07. The average Bonchev–Trinajstić information content (AvgIpc) is 2.77. The van der Waals surface area contributed by atoms with E-state index in [2.05, 4.69) is 27.3 Å². The molecule has 0 saturated carbocycles. The second-order valence-corrected chi connectivity index (χ2v) is 7.50. The number of rotatable bonds is 6. The molecule has 1 aliphatic heterocycles. The van der Waals surface area contributed by atoms with Gasteiger partial charge >= 0.3 is 0 Å². The van der Waals surface area contributed by atoms with Crippen LogP contribution in [0.2, 0.25) is 0 Å². The predicted molar refractivity (Wildman–Crippen MR) is 114 cm³/mol. The molecule has 6 nitrogen and oxygen atoms in total. The Hall–Kier alpha value is -3.15. The van der Waals surface area contributed by atoms with Crippen molar-refractivity contribution >= 4 is 22.5 Å². The number of para-hydroxylation sites is 1. The van der Waals surface area contributed by atoms with Gasteiger partial charge in [-0.05, 0) is 30.9 Å². The minimum atomic E-state index is -0.232. The summed E-state index contributed by atoms with van der Waals surface area (Å²) in [6.45, 7) is 5.03. The number of nitrogens with one attached hydrogen (secondary N) is 1. The third-order valence-corrected chi connectivity index (χ3v) is 5.37. The number of carbonyl (C=O) groups excluding carboxylic acids is 1. The zero-order valence-corrected chi connectivity index (χ0v) is 16.7. The standard InChI is InChI=1S/C23H26N4O2/c1-17-11-14-27(15-12-17)22-20-10-6-5-9-19(20)21(25-26-22)23(28)24-13-16-29-18-7-3-2-4-8-18/h2-10,17H,11-16H2,1H3,(H,24,28). The fourth-order valence-corrected chi connectivity index (χ4v) is 3.65. The largest absolute Gasteiger partial charge is 0.492 e. The first kappa shape index (κ1) is 19.2. The predicted octanol–water partition coefficient (Wildman–Crippen LogP) is 3.67. The van der Waals surface area contributed by atoms with Crippen LogP contribution >= 0.6 is 0 Å². The summed E-state index contributed by atoms with van der Waals surface area (Å²) in [5.74, 6) is 2.17. The number of hydrogen-bond donors (Lipinski definition) is 1. The molecule has 4 rings (SSSR count). The molecular formula is C23H26N4O2. The Balaban J connectivity index is 1.46. The molecule has 0 spiro atoms. The van der Waals surface area contributed by atoms with Gasteiger partial charge in [0.15, 0.2) is 11.5 Å². The van der Waals surface area contributed by atoms with Crippen molar-refractivity contribution in [3.8, 4) is 5.75 Å². The summed E-state index contributed by atoms with van der Waals surface area (Å²) in [6, 6.07) is 17.4. The Bertz CT molecular complexity index is 969. The van der Waals surface area contributed by atoms with E-state index < -0.39 is 0 Å². The van der Waals surface area contributed by atoms with Crippen LogP contribution in [0.3, 0.4) is 0 Å². The van der Waals surface area contributed by atoms with Crippen LogP contribution in [0.25, 0.3) is 10.8 Å². The lowest BCUT2D eigenvalue weighted by molar-refractivity contribution is 0.0943. The number of ether oxygens (including phenoxy) is 1. The third-order valence-electron chi connectivity index (χ3n) is 5.37. The van der Waals surface area contributed by atoms with Crippen LogP contribution in [0.15, 0.2) is 54.6 Å². The number of nitrogens with zero attached hydrogens (tertiary/aromatic N) is 3. The number of piperidine rings is 1. The Kier molecular flexibility index (Phi) is 5.89. The van der Waals surface area contributed by atoms with Crippen LogP contribution in [0.5, 0.6) is 5.75 Å². The normalized spacial score (nSPS) is 14.7. The Morgan fingerprint density at radius 2 is 1.72 bits per heavy atom. The topological polar surface area (TPSA) is 67.4 Å². The molecule has 1 aromatic heterocycles. The van der Waals surface area contributed by atoms with Gasteiger partial charge in [-0.25, -0.2) is 0 Å². The van der Waals surface area contributed by atoms with E-state index in [1.165, 1.54) is 0 Å². The highest BCUT2D eigenvalue weighted by atomic mass is 16.5. The van der Waals surface area contributed by atoms with E-state index in [-0.39, 0.29) is 5.91 Å². The molecule has 1 saturated heterocycles. The van der Waals surface area contributed by atoms with Crippen molar-refractivity contribution in [1.29, 1.82) is 0 Å². The Morgan fingerprint density at radius 3 is 2.48 bits per heavy atom. The second kappa shape index (κ2) is 8.90. The van der Waals surface area contributed by atoms with Gasteiger partial charge in [-0.1, -0.05) is 49.4 Å². The number of amides is 1. The molecule has 1 aliphatic rings. The monoisotopic (exact) mass is 390 g/mol. The smallest absolute Gasteiger partial charge is 0.272 e. The maximum Gasteiger partial charge on any atom is 0.272 e. The fourth-order valence-electron chi connectivity index (χ4n) is 3.65. The molecule has 0 radical (unpaired) electrons. The summed E-state index contributed by atoms with van der Waals surface area (Å²) >= 11 is 0. The molecule has 2 aromatic carbocycles. The minimum absolute atomic E-state index is 0.232. The van der Waals surface area contributed by atoms with E-state index in [0.717, 1.165) is 54.2 Å².